The molecule has 0 radical (unpaired) electrons. The Labute approximate surface area is 168 Å². The summed E-state index contributed by atoms with van der Waals surface area (Å²) in [5.41, 5.74) is 2.35. The van der Waals surface area contributed by atoms with Crippen molar-refractivity contribution in [1.29, 1.82) is 0 Å². The van der Waals surface area contributed by atoms with E-state index in [0.717, 1.165) is 31.2 Å². The molecule has 0 saturated heterocycles. The summed E-state index contributed by atoms with van der Waals surface area (Å²) in [4.78, 5) is 37.7. The molecule has 7 nitrogen and oxygen atoms in total. The van der Waals surface area contributed by atoms with Crippen LogP contribution in [0.15, 0.2) is 42.5 Å². The molecule has 2 aliphatic rings. The molecule has 4 rings (SSSR count). The van der Waals surface area contributed by atoms with Gasteiger partial charge in [-0.05, 0) is 56.4 Å². The highest BCUT2D eigenvalue weighted by Crippen LogP contribution is 2.31. The average Bonchev–Trinajstić information content (AvgIpc) is 3.61. The van der Waals surface area contributed by atoms with Crippen molar-refractivity contribution in [3.8, 4) is 0 Å². The van der Waals surface area contributed by atoms with Crippen molar-refractivity contribution in [2.75, 3.05) is 0 Å². The molecule has 0 unspecified atom stereocenters. The molecule has 0 heterocycles. The Hall–Kier alpha value is -3.22. The van der Waals surface area contributed by atoms with E-state index in [1.165, 1.54) is 6.07 Å². The van der Waals surface area contributed by atoms with E-state index in [0.29, 0.717) is 29.3 Å². The van der Waals surface area contributed by atoms with Gasteiger partial charge in [-0.2, -0.15) is 0 Å². The van der Waals surface area contributed by atoms with E-state index < -0.39 is 4.92 Å². The van der Waals surface area contributed by atoms with Gasteiger partial charge in [0.2, 0.25) is 0 Å². The lowest BCUT2D eigenvalue weighted by Crippen LogP contribution is -2.32. The minimum absolute atomic E-state index is 0.0439. The largest absolute Gasteiger partial charge is 0.349 e. The van der Waals surface area contributed by atoms with Gasteiger partial charge in [0.15, 0.2) is 0 Å². The Morgan fingerprint density at radius 3 is 2.31 bits per heavy atom. The topological polar surface area (TPSA) is 92.6 Å². The molecule has 2 fully saturated rings. The summed E-state index contributed by atoms with van der Waals surface area (Å²) in [5, 5.41) is 14.2. The Balaban J connectivity index is 1.49. The molecular weight excluding hydrogens is 370 g/mol. The SMILES string of the molecule is Cc1ccc(C(=O)N(Cc2ccc(C(=O)NC3CC3)cc2)C2CC2)cc1[N+](=O)[O-]. The summed E-state index contributed by atoms with van der Waals surface area (Å²) in [6, 6.07) is 12.4. The first-order chi connectivity index (χ1) is 13.9. The van der Waals surface area contributed by atoms with Gasteiger partial charge in [0.05, 0.1) is 4.92 Å². The summed E-state index contributed by atoms with van der Waals surface area (Å²) in [6.45, 7) is 2.07. The van der Waals surface area contributed by atoms with E-state index in [1.807, 2.05) is 12.1 Å². The Kier molecular flexibility index (Phi) is 5.05. The number of rotatable bonds is 7. The van der Waals surface area contributed by atoms with Crippen molar-refractivity contribution in [2.45, 2.75) is 51.2 Å². The van der Waals surface area contributed by atoms with Crippen LogP contribution in [0.2, 0.25) is 0 Å². The van der Waals surface area contributed by atoms with Crippen LogP contribution in [-0.2, 0) is 6.54 Å². The highest BCUT2D eigenvalue weighted by molar-refractivity contribution is 5.96. The van der Waals surface area contributed by atoms with E-state index in [2.05, 4.69) is 5.32 Å². The Morgan fingerprint density at radius 1 is 1.07 bits per heavy atom. The summed E-state index contributed by atoms with van der Waals surface area (Å²) in [5.74, 6) is -0.271. The third-order valence-corrected chi connectivity index (χ3v) is 5.38. The predicted molar refractivity (Wildman–Crippen MR) is 108 cm³/mol. The van der Waals surface area contributed by atoms with Gasteiger partial charge < -0.3 is 10.2 Å². The van der Waals surface area contributed by atoms with Gasteiger partial charge >= 0.3 is 0 Å². The van der Waals surface area contributed by atoms with Gasteiger partial charge in [-0.3, -0.25) is 19.7 Å². The molecule has 2 aromatic rings. The number of nitrogens with one attached hydrogen (secondary N) is 1. The van der Waals surface area contributed by atoms with E-state index in [1.54, 1.807) is 36.1 Å². The van der Waals surface area contributed by atoms with E-state index in [4.69, 9.17) is 0 Å². The second-order valence-corrected chi connectivity index (χ2v) is 7.87. The third-order valence-electron chi connectivity index (χ3n) is 5.38. The van der Waals surface area contributed by atoms with Crippen LogP contribution in [0, 0.1) is 17.0 Å². The molecule has 7 heteroatoms. The zero-order valence-electron chi connectivity index (χ0n) is 16.3. The lowest BCUT2D eigenvalue weighted by Gasteiger charge is -2.23. The molecule has 2 saturated carbocycles. The minimum atomic E-state index is -0.459. The number of hydrogen-bond acceptors (Lipinski definition) is 4. The number of carbonyl (C=O) groups is 2. The normalized spacial score (nSPS) is 15.6. The maximum atomic E-state index is 13.1. The van der Waals surface area contributed by atoms with Gasteiger partial charge in [0, 0.05) is 41.4 Å². The maximum absolute atomic E-state index is 13.1. The van der Waals surface area contributed by atoms with Crippen molar-refractivity contribution < 1.29 is 14.5 Å². The number of nitrogens with zero attached hydrogens (tertiary/aromatic N) is 2. The van der Waals surface area contributed by atoms with E-state index in [-0.39, 0.29) is 23.5 Å². The zero-order valence-corrected chi connectivity index (χ0v) is 16.3. The number of hydrogen-bond donors (Lipinski definition) is 1. The standard InChI is InChI=1S/C22H23N3O4/c1-14-2-5-17(12-20(14)25(28)29)22(27)24(19-10-11-19)13-15-3-6-16(7-4-15)21(26)23-18-8-9-18/h2-7,12,18-19H,8-11,13H2,1H3,(H,23,26). The molecule has 0 bridgehead atoms. The first kappa shape index (κ1) is 19.1. The smallest absolute Gasteiger partial charge is 0.273 e. The van der Waals surface area contributed by atoms with Crippen LogP contribution < -0.4 is 5.32 Å². The molecule has 29 heavy (non-hydrogen) atoms. The van der Waals surface area contributed by atoms with Gasteiger partial charge in [-0.1, -0.05) is 18.2 Å². The highest BCUT2D eigenvalue weighted by atomic mass is 16.6. The molecule has 2 aromatic carbocycles. The van der Waals surface area contributed by atoms with Crippen molar-refractivity contribution >= 4 is 17.5 Å². The van der Waals surface area contributed by atoms with Crippen molar-refractivity contribution in [2.24, 2.45) is 0 Å². The quantitative estimate of drug-likeness (QED) is 0.575. The second-order valence-electron chi connectivity index (χ2n) is 7.87. The lowest BCUT2D eigenvalue weighted by molar-refractivity contribution is -0.385. The van der Waals surface area contributed by atoms with Crippen molar-refractivity contribution in [3.63, 3.8) is 0 Å². The summed E-state index contributed by atoms with van der Waals surface area (Å²) in [7, 11) is 0. The van der Waals surface area contributed by atoms with Crippen LogP contribution in [0.1, 0.15) is 57.5 Å². The van der Waals surface area contributed by atoms with Gasteiger partial charge in [-0.15, -0.1) is 0 Å². The first-order valence-corrected chi connectivity index (χ1v) is 9.88. The zero-order chi connectivity index (χ0) is 20.5. The van der Waals surface area contributed by atoms with Crippen LogP contribution in [0.5, 0.6) is 0 Å². The number of carbonyl (C=O) groups excluding carboxylic acids is 2. The molecule has 150 valence electrons. The minimum Gasteiger partial charge on any atom is -0.349 e. The number of benzene rings is 2. The fourth-order valence-electron chi connectivity index (χ4n) is 3.31. The molecule has 0 aromatic heterocycles. The lowest BCUT2D eigenvalue weighted by atomic mass is 10.1. The fourth-order valence-corrected chi connectivity index (χ4v) is 3.31. The summed E-state index contributed by atoms with van der Waals surface area (Å²) in [6.07, 6.45) is 3.95. The molecule has 2 amide bonds. The number of nitro groups is 1. The maximum Gasteiger partial charge on any atom is 0.273 e. The van der Waals surface area contributed by atoms with Crippen LogP contribution in [0.25, 0.3) is 0 Å². The molecule has 0 atom stereocenters. The van der Waals surface area contributed by atoms with E-state index >= 15 is 0 Å². The summed E-state index contributed by atoms with van der Waals surface area (Å²) < 4.78 is 0. The van der Waals surface area contributed by atoms with Crippen LogP contribution in [-0.4, -0.2) is 33.7 Å². The van der Waals surface area contributed by atoms with Gasteiger partial charge in [0.25, 0.3) is 17.5 Å². The Bertz CT molecular complexity index is 963. The molecule has 2 aliphatic carbocycles. The van der Waals surface area contributed by atoms with E-state index in [9.17, 15) is 19.7 Å². The average molecular weight is 393 g/mol. The molecular formula is C22H23N3O4. The number of aryl methyl sites for hydroxylation is 1. The first-order valence-electron chi connectivity index (χ1n) is 9.88. The fraction of sp³-hybridized carbons (Fsp3) is 0.364. The monoisotopic (exact) mass is 393 g/mol. The molecule has 1 N–H and O–H groups in total. The van der Waals surface area contributed by atoms with Crippen LogP contribution >= 0.6 is 0 Å². The van der Waals surface area contributed by atoms with Crippen LogP contribution in [0.4, 0.5) is 5.69 Å². The second kappa shape index (κ2) is 7.66. The molecule has 0 aliphatic heterocycles. The third kappa shape index (κ3) is 4.45. The highest BCUT2D eigenvalue weighted by Gasteiger charge is 2.33. The van der Waals surface area contributed by atoms with Gasteiger partial charge in [0.1, 0.15) is 0 Å². The van der Waals surface area contributed by atoms with Crippen LogP contribution in [0.3, 0.4) is 0 Å². The Morgan fingerprint density at radius 2 is 1.72 bits per heavy atom. The predicted octanol–water partition coefficient (Wildman–Crippen LogP) is 3.60. The van der Waals surface area contributed by atoms with Gasteiger partial charge in [-0.25, -0.2) is 0 Å². The number of amides is 2. The molecule has 0 spiro atoms. The number of nitro benzene ring substituents is 1. The van der Waals surface area contributed by atoms with Crippen molar-refractivity contribution in [3.05, 3.63) is 74.8 Å². The summed E-state index contributed by atoms with van der Waals surface area (Å²) >= 11 is 0. The van der Waals surface area contributed by atoms with Crippen molar-refractivity contribution in [1.82, 2.24) is 10.2 Å².